The van der Waals surface area contributed by atoms with E-state index in [0.29, 0.717) is 30.5 Å². The summed E-state index contributed by atoms with van der Waals surface area (Å²) in [6.07, 6.45) is 2.71. The second kappa shape index (κ2) is 8.83. The molecule has 1 N–H and O–H groups in total. The van der Waals surface area contributed by atoms with Gasteiger partial charge in [-0.3, -0.25) is 4.79 Å². The summed E-state index contributed by atoms with van der Waals surface area (Å²) >= 11 is 0. The van der Waals surface area contributed by atoms with Crippen LogP contribution in [0.3, 0.4) is 0 Å². The van der Waals surface area contributed by atoms with Crippen LogP contribution in [-0.2, 0) is 17.8 Å². The van der Waals surface area contributed by atoms with Crippen molar-refractivity contribution in [1.82, 2.24) is 9.88 Å². The molecule has 0 aliphatic rings. The number of hydrogen-bond donors (Lipinski definition) is 1. The number of benzene rings is 2. The molecule has 0 spiro atoms. The molecular formula is C23H28N2O3. The van der Waals surface area contributed by atoms with Gasteiger partial charge >= 0.3 is 0 Å². The van der Waals surface area contributed by atoms with E-state index in [4.69, 9.17) is 9.47 Å². The monoisotopic (exact) mass is 380 g/mol. The third-order valence-corrected chi connectivity index (χ3v) is 4.96. The quantitative estimate of drug-likeness (QED) is 0.639. The number of ether oxygens (including phenoxy) is 2. The molecule has 1 aromatic heterocycles. The van der Waals surface area contributed by atoms with Crippen LogP contribution in [0.4, 0.5) is 0 Å². The number of nitrogens with one attached hydrogen (secondary N) is 1. The molecule has 0 atom stereocenters. The minimum Gasteiger partial charge on any atom is -0.493 e. The fraction of sp³-hybridized carbons (Fsp3) is 0.348. The van der Waals surface area contributed by atoms with Gasteiger partial charge in [0.1, 0.15) is 6.54 Å². The van der Waals surface area contributed by atoms with Gasteiger partial charge in [0.25, 0.3) is 0 Å². The van der Waals surface area contributed by atoms with Crippen molar-refractivity contribution in [3.63, 3.8) is 0 Å². The Morgan fingerprint density at radius 2 is 1.82 bits per heavy atom. The van der Waals surface area contributed by atoms with Gasteiger partial charge in [0.15, 0.2) is 11.5 Å². The lowest BCUT2D eigenvalue weighted by molar-refractivity contribution is -0.121. The minimum atomic E-state index is 0.00547. The van der Waals surface area contributed by atoms with Gasteiger partial charge in [0.2, 0.25) is 5.91 Å². The summed E-state index contributed by atoms with van der Waals surface area (Å²) in [6, 6.07) is 14.3. The van der Waals surface area contributed by atoms with Gasteiger partial charge in [-0.25, -0.2) is 0 Å². The number of aromatic nitrogens is 1. The SMILES string of the molecule is COc1ccc(CCNC(=O)Cn2ccc3cc(C(C)C)ccc32)cc1OC. The number of carbonyl (C=O) groups excluding carboxylic acids is 1. The molecule has 0 fully saturated rings. The highest BCUT2D eigenvalue weighted by Gasteiger charge is 2.09. The van der Waals surface area contributed by atoms with Crippen LogP contribution in [0.5, 0.6) is 11.5 Å². The van der Waals surface area contributed by atoms with Gasteiger partial charge < -0.3 is 19.4 Å². The average molecular weight is 380 g/mol. The van der Waals surface area contributed by atoms with Gasteiger partial charge in [-0.15, -0.1) is 0 Å². The highest BCUT2D eigenvalue weighted by molar-refractivity contribution is 5.84. The number of hydrogen-bond acceptors (Lipinski definition) is 3. The molecule has 148 valence electrons. The first-order valence-corrected chi connectivity index (χ1v) is 9.58. The van der Waals surface area contributed by atoms with Crippen LogP contribution in [0.2, 0.25) is 0 Å². The summed E-state index contributed by atoms with van der Waals surface area (Å²) in [4.78, 5) is 12.4. The van der Waals surface area contributed by atoms with Crippen LogP contribution in [0, 0.1) is 0 Å². The molecule has 0 radical (unpaired) electrons. The molecule has 0 saturated heterocycles. The number of rotatable bonds is 8. The lowest BCUT2D eigenvalue weighted by Gasteiger charge is -2.11. The van der Waals surface area contributed by atoms with E-state index < -0.39 is 0 Å². The summed E-state index contributed by atoms with van der Waals surface area (Å²) in [6.45, 7) is 5.26. The average Bonchev–Trinajstić information content (AvgIpc) is 3.09. The topological polar surface area (TPSA) is 52.5 Å². The Morgan fingerprint density at radius 3 is 2.54 bits per heavy atom. The van der Waals surface area contributed by atoms with Crippen molar-refractivity contribution < 1.29 is 14.3 Å². The smallest absolute Gasteiger partial charge is 0.239 e. The first kappa shape index (κ1) is 19.8. The first-order chi connectivity index (χ1) is 13.5. The predicted octanol–water partition coefficient (Wildman–Crippen LogP) is 4.14. The Balaban J connectivity index is 1.57. The number of methoxy groups -OCH3 is 2. The van der Waals surface area contributed by atoms with Crippen molar-refractivity contribution in [1.29, 1.82) is 0 Å². The second-order valence-corrected chi connectivity index (χ2v) is 7.21. The first-order valence-electron chi connectivity index (χ1n) is 9.58. The van der Waals surface area contributed by atoms with Crippen molar-refractivity contribution in [3.05, 3.63) is 59.8 Å². The van der Waals surface area contributed by atoms with Crippen LogP contribution >= 0.6 is 0 Å². The van der Waals surface area contributed by atoms with Crippen LogP contribution in [-0.4, -0.2) is 31.2 Å². The Labute approximate surface area is 166 Å². The normalized spacial score (nSPS) is 11.0. The molecule has 28 heavy (non-hydrogen) atoms. The Hall–Kier alpha value is -2.95. The van der Waals surface area contributed by atoms with E-state index in [1.807, 2.05) is 29.0 Å². The lowest BCUT2D eigenvalue weighted by atomic mass is 10.0. The van der Waals surface area contributed by atoms with Crippen LogP contribution < -0.4 is 14.8 Å². The van der Waals surface area contributed by atoms with Gasteiger partial charge in [0, 0.05) is 18.3 Å². The van der Waals surface area contributed by atoms with Crippen molar-refractivity contribution in [2.45, 2.75) is 32.7 Å². The van der Waals surface area contributed by atoms with Crippen molar-refractivity contribution in [2.75, 3.05) is 20.8 Å². The molecule has 2 aromatic carbocycles. The molecule has 5 nitrogen and oxygen atoms in total. The molecular weight excluding hydrogens is 352 g/mol. The predicted molar refractivity (Wildman–Crippen MR) is 112 cm³/mol. The summed E-state index contributed by atoms with van der Waals surface area (Å²) in [5, 5.41) is 4.17. The molecule has 3 aromatic rings. The summed E-state index contributed by atoms with van der Waals surface area (Å²) < 4.78 is 12.6. The maximum Gasteiger partial charge on any atom is 0.239 e. The number of fused-ring (bicyclic) bond motifs is 1. The van der Waals surface area contributed by atoms with E-state index in [1.165, 1.54) is 10.9 Å². The maximum atomic E-state index is 12.4. The largest absolute Gasteiger partial charge is 0.493 e. The van der Waals surface area contributed by atoms with E-state index >= 15 is 0 Å². The minimum absolute atomic E-state index is 0.00547. The Bertz CT molecular complexity index is 960. The highest BCUT2D eigenvalue weighted by atomic mass is 16.5. The molecule has 0 aliphatic carbocycles. The molecule has 0 unspecified atom stereocenters. The third-order valence-electron chi connectivity index (χ3n) is 4.96. The molecule has 0 aliphatic heterocycles. The molecule has 1 heterocycles. The van der Waals surface area contributed by atoms with Gasteiger partial charge in [-0.1, -0.05) is 26.0 Å². The molecule has 0 saturated carbocycles. The van der Waals surface area contributed by atoms with Crippen molar-refractivity contribution in [3.8, 4) is 11.5 Å². The van der Waals surface area contributed by atoms with Gasteiger partial charge in [-0.05, 0) is 59.2 Å². The lowest BCUT2D eigenvalue weighted by Crippen LogP contribution is -2.29. The van der Waals surface area contributed by atoms with Crippen LogP contribution in [0.1, 0.15) is 30.9 Å². The molecule has 0 bridgehead atoms. The standard InChI is InChI=1S/C23H28N2O3/c1-16(2)18-6-7-20-19(14-18)10-12-25(20)15-23(26)24-11-9-17-5-8-21(27-3)22(13-17)28-4/h5-8,10,12-14,16H,9,11,15H2,1-4H3,(H,24,26). The molecule has 5 heteroatoms. The van der Waals surface area contributed by atoms with E-state index in [0.717, 1.165) is 17.5 Å². The zero-order valence-electron chi connectivity index (χ0n) is 17.0. The highest BCUT2D eigenvalue weighted by Crippen LogP contribution is 2.27. The number of nitrogens with zero attached hydrogens (tertiary/aromatic N) is 1. The molecule has 3 rings (SSSR count). The second-order valence-electron chi connectivity index (χ2n) is 7.21. The maximum absolute atomic E-state index is 12.4. The number of amides is 1. The van der Waals surface area contributed by atoms with E-state index in [-0.39, 0.29) is 5.91 Å². The van der Waals surface area contributed by atoms with E-state index in [9.17, 15) is 4.79 Å². The van der Waals surface area contributed by atoms with E-state index in [1.54, 1.807) is 14.2 Å². The summed E-state index contributed by atoms with van der Waals surface area (Å²) in [7, 11) is 3.24. The van der Waals surface area contributed by atoms with Gasteiger partial charge in [0.05, 0.1) is 14.2 Å². The fourth-order valence-corrected chi connectivity index (χ4v) is 3.31. The summed E-state index contributed by atoms with van der Waals surface area (Å²) in [5.74, 6) is 1.90. The zero-order valence-corrected chi connectivity index (χ0v) is 17.0. The van der Waals surface area contributed by atoms with Crippen molar-refractivity contribution >= 4 is 16.8 Å². The van der Waals surface area contributed by atoms with Crippen LogP contribution in [0.25, 0.3) is 10.9 Å². The van der Waals surface area contributed by atoms with E-state index in [2.05, 4.69) is 43.4 Å². The van der Waals surface area contributed by atoms with Crippen LogP contribution in [0.15, 0.2) is 48.7 Å². The Kier molecular flexibility index (Phi) is 6.24. The fourth-order valence-electron chi connectivity index (χ4n) is 3.31. The summed E-state index contributed by atoms with van der Waals surface area (Å²) in [5.41, 5.74) is 3.48. The number of carbonyl (C=O) groups is 1. The molecule has 1 amide bonds. The Morgan fingerprint density at radius 1 is 1.04 bits per heavy atom. The van der Waals surface area contributed by atoms with Crippen molar-refractivity contribution in [2.24, 2.45) is 0 Å². The van der Waals surface area contributed by atoms with Gasteiger partial charge in [-0.2, -0.15) is 0 Å². The third kappa shape index (κ3) is 4.47. The zero-order chi connectivity index (χ0) is 20.1.